The number of amides is 1. The highest BCUT2D eigenvalue weighted by atomic mass is 79.9. The highest BCUT2D eigenvalue weighted by Crippen LogP contribution is 2.43. The van der Waals surface area contributed by atoms with E-state index in [1.54, 1.807) is 36.4 Å². The van der Waals surface area contributed by atoms with E-state index in [2.05, 4.69) is 21.1 Å². The van der Waals surface area contributed by atoms with Gasteiger partial charge in [-0.25, -0.2) is 4.39 Å². The Morgan fingerprint density at radius 3 is 2.38 bits per heavy atom. The Kier molecular flexibility index (Phi) is 5.50. The molecule has 2 aromatic carbocycles. The average molecular weight is 499 g/mol. The normalized spacial score (nSPS) is 18.4. The Morgan fingerprint density at radius 2 is 1.78 bits per heavy atom. The number of aliphatic hydroxyl groups excluding tert-OH is 1. The topological polar surface area (TPSA) is 83.6 Å². The maximum Gasteiger partial charge on any atom is 0.301 e. The number of hydrogen-bond donors (Lipinski definition) is 1. The number of anilines is 1. The number of carbonyl (C=O) groups is 2. The van der Waals surface area contributed by atoms with Gasteiger partial charge >= 0.3 is 5.91 Å². The standard InChI is InChI=1S/C24H20BrFN2O4/c1-24(2,3)17-12-18(27-32-17)28-20(15-6-4-5-7-16(15)26)19(22(30)23(28)31)21(29)13-8-10-14(25)11-9-13/h4-12,20,29H,1-3H3/b21-19+/t20-/m1/s1. The fourth-order valence-electron chi connectivity index (χ4n) is 3.56. The van der Waals surface area contributed by atoms with E-state index in [4.69, 9.17) is 4.52 Å². The first-order valence-electron chi connectivity index (χ1n) is 9.88. The Hall–Kier alpha value is -3.26. The molecule has 1 aliphatic heterocycles. The highest BCUT2D eigenvalue weighted by molar-refractivity contribution is 9.10. The molecule has 164 valence electrons. The van der Waals surface area contributed by atoms with Crippen LogP contribution < -0.4 is 4.90 Å². The summed E-state index contributed by atoms with van der Waals surface area (Å²) in [4.78, 5) is 27.2. The Labute approximate surface area is 192 Å². The molecular weight excluding hydrogens is 479 g/mol. The summed E-state index contributed by atoms with van der Waals surface area (Å²) in [5.74, 6) is -2.31. The van der Waals surface area contributed by atoms with Crippen molar-refractivity contribution in [3.8, 4) is 0 Å². The minimum absolute atomic E-state index is 0.0608. The zero-order chi connectivity index (χ0) is 23.2. The molecule has 0 unspecified atom stereocenters. The van der Waals surface area contributed by atoms with Gasteiger partial charge in [0.25, 0.3) is 5.78 Å². The molecule has 1 N–H and O–H groups in total. The van der Waals surface area contributed by atoms with E-state index in [1.807, 2.05) is 20.8 Å². The summed E-state index contributed by atoms with van der Waals surface area (Å²) in [5, 5.41) is 15.0. The zero-order valence-corrected chi connectivity index (χ0v) is 19.2. The summed E-state index contributed by atoms with van der Waals surface area (Å²) >= 11 is 3.32. The molecule has 1 aliphatic rings. The molecule has 1 fully saturated rings. The molecule has 8 heteroatoms. The van der Waals surface area contributed by atoms with Gasteiger partial charge in [0, 0.05) is 27.1 Å². The maximum atomic E-state index is 14.9. The van der Waals surface area contributed by atoms with Crippen LogP contribution in [-0.4, -0.2) is 22.0 Å². The van der Waals surface area contributed by atoms with Crippen LogP contribution in [0.2, 0.25) is 0 Å². The van der Waals surface area contributed by atoms with Crippen LogP contribution in [0.3, 0.4) is 0 Å². The van der Waals surface area contributed by atoms with Crippen molar-refractivity contribution < 1.29 is 23.6 Å². The molecule has 0 radical (unpaired) electrons. The third-order valence-electron chi connectivity index (χ3n) is 5.25. The lowest BCUT2D eigenvalue weighted by Gasteiger charge is -2.23. The first kappa shape index (κ1) is 22.0. The van der Waals surface area contributed by atoms with Crippen molar-refractivity contribution in [1.29, 1.82) is 0 Å². The van der Waals surface area contributed by atoms with Gasteiger partial charge in [-0.2, -0.15) is 0 Å². The number of hydrogen-bond acceptors (Lipinski definition) is 5. The van der Waals surface area contributed by atoms with Crippen molar-refractivity contribution >= 4 is 39.2 Å². The third kappa shape index (κ3) is 3.75. The van der Waals surface area contributed by atoms with E-state index >= 15 is 0 Å². The Morgan fingerprint density at radius 1 is 1.12 bits per heavy atom. The molecule has 1 amide bonds. The second-order valence-electron chi connectivity index (χ2n) is 8.50. The van der Waals surface area contributed by atoms with Crippen LogP contribution >= 0.6 is 15.9 Å². The zero-order valence-electron chi connectivity index (χ0n) is 17.6. The quantitative estimate of drug-likeness (QED) is 0.292. The van der Waals surface area contributed by atoms with E-state index in [-0.39, 0.29) is 17.0 Å². The van der Waals surface area contributed by atoms with Crippen molar-refractivity contribution in [3.05, 3.63) is 87.3 Å². The molecule has 0 spiro atoms. The number of Topliss-reactive ketones (excluding diaryl/α,β-unsaturated/α-hetero) is 1. The molecule has 1 saturated heterocycles. The number of carbonyl (C=O) groups excluding carboxylic acids is 2. The van der Waals surface area contributed by atoms with Gasteiger partial charge in [-0.3, -0.25) is 14.5 Å². The summed E-state index contributed by atoms with van der Waals surface area (Å²) in [6, 6.07) is 12.7. The second-order valence-corrected chi connectivity index (χ2v) is 9.41. The fourth-order valence-corrected chi connectivity index (χ4v) is 3.82. The first-order valence-corrected chi connectivity index (χ1v) is 10.7. The third-order valence-corrected chi connectivity index (χ3v) is 5.77. The van der Waals surface area contributed by atoms with Gasteiger partial charge < -0.3 is 9.63 Å². The number of aromatic nitrogens is 1. The smallest absolute Gasteiger partial charge is 0.301 e. The number of halogens is 2. The molecule has 0 bridgehead atoms. The molecular formula is C24H20BrFN2O4. The van der Waals surface area contributed by atoms with Gasteiger partial charge in [-0.1, -0.05) is 72.2 Å². The number of nitrogens with zero attached hydrogens (tertiary/aromatic N) is 2. The number of ketones is 1. The van der Waals surface area contributed by atoms with Crippen molar-refractivity contribution in [2.24, 2.45) is 0 Å². The van der Waals surface area contributed by atoms with Gasteiger partial charge in [-0.15, -0.1) is 0 Å². The molecule has 1 atom stereocenters. The summed E-state index contributed by atoms with van der Waals surface area (Å²) in [7, 11) is 0. The van der Waals surface area contributed by atoms with Crippen LogP contribution in [0, 0.1) is 5.82 Å². The van der Waals surface area contributed by atoms with Crippen molar-refractivity contribution in [1.82, 2.24) is 5.16 Å². The van der Waals surface area contributed by atoms with E-state index in [0.717, 1.165) is 9.37 Å². The molecule has 3 aromatic rings. The summed E-state index contributed by atoms with van der Waals surface area (Å²) < 4.78 is 21.0. The molecule has 0 saturated carbocycles. The minimum Gasteiger partial charge on any atom is -0.507 e. The Bertz CT molecular complexity index is 1240. The van der Waals surface area contributed by atoms with E-state index in [0.29, 0.717) is 11.3 Å². The van der Waals surface area contributed by atoms with Crippen LogP contribution in [0.4, 0.5) is 10.2 Å². The summed E-state index contributed by atoms with van der Waals surface area (Å²) in [5.41, 5.74) is -0.236. The number of benzene rings is 2. The summed E-state index contributed by atoms with van der Waals surface area (Å²) in [6.07, 6.45) is 0. The number of aliphatic hydroxyl groups is 1. The predicted molar refractivity (Wildman–Crippen MR) is 121 cm³/mol. The minimum atomic E-state index is -1.21. The van der Waals surface area contributed by atoms with Crippen molar-refractivity contribution in [3.63, 3.8) is 0 Å². The van der Waals surface area contributed by atoms with Crippen LogP contribution in [0.1, 0.15) is 43.7 Å². The van der Waals surface area contributed by atoms with E-state index < -0.39 is 34.7 Å². The lowest BCUT2D eigenvalue weighted by Crippen LogP contribution is -2.30. The van der Waals surface area contributed by atoms with Gasteiger partial charge in [0.1, 0.15) is 17.3 Å². The van der Waals surface area contributed by atoms with Gasteiger partial charge in [-0.05, 0) is 18.2 Å². The van der Waals surface area contributed by atoms with Gasteiger partial charge in [0.15, 0.2) is 5.82 Å². The molecule has 0 aliphatic carbocycles. The van der Waals surface area contributed by atoms with Crippen molar-refractivity contribution in [2.75, 3.05) is 4.90 Å². The van der Waals surface area contributed by atoms with Crippen molar-refractivity contribution in [2.45, 2.75) is 32.2 Å². The van der Waals surface area contributed by atoms with Gasteiger partial charge in [0.05, 0.1) is 11.6 Å². The lowest BCUT2D eigenvalue weighted by molar-refractivity contribution is -0.132. The molecule has 2 heterocycles. The van der Waals surface area contributed by atoms with Crippen LogP contribution in [-0.2, 0) is 15.0 Å². The van der Waals surface area contributed by atoms with Gasteiger partial charge in [0.2, 0.25) is 0 Å². The molecule has 4 rings (SSSR count). The fraction of sp³-hybridized carbons (Fsp3) is 0.208. The summed E-state index contributed by atoms with van der Waals surface area (Å²) in [6.45, 7) is 5.73. The van der Waals surface area contributed by atoms with Crippen LogP contribution in [0.25, 0.3) is 5.76 Å². The average Bonchev–Trinajstić information content (AvgIpc) is 3.32. The maximum absolute atomic E-state index is 14.9. The van der Waals surface area contributed by atoms with Crippen LogP contribution in [0.15, 0.2) is 69.2 Å². The lowest BCUT2D eigenvalue weighted by atomic mass is 9.93. The molecule has 32 heavy (non-hydrogen) atoms. The Balaban J connectivity index is 1.94. The van der Waals surface area contributed by atoms with Crippen LogP contribution in [0.5, 0.6) is 0 Å². The monoisotopic (exact) mass is 498 g/mol. The predicted octanol–water partition coefficient (Wildman–Crippen LogP) is 5.50. The molecule has 6 nitrogen and oxygen atoms in total. The first-order chi connectivity index (χ1) is 15.1. The number of rotatable bonds is 3. The molecule has 1 aromatic heterocycles. The highest BCUT2D eigenvalue weighted by Gasteiger charge is 2.49. The largest absolute Gasteiger partial charge is 0.507 e. The van der Waals surface area contributed by atoms with E-state index in [1.165, 1.54) is 18.2 Å². The second kappa shape index (κ2) is 8.02. The van der Waals surface area contributed by atoms with E-state index in [9.17, 15) is 19.1 Å². The SMILES string of the molecule is CC(C)(C)c1cc(N2C(=O)C(=O)/C(=C(/O)c3ccc(Br)cc3)[C@H]2c2ccccc2F)no1.